The van der Waals surface area contributed by atoms with Gasteiger partial charge < -0.3 is 9.15 Å². The maximum atomic E-state index is 13.0. The Morgan fingerprint density at radius 1 is 1.18 bits per heavy atom. The van der Waals surface area contributed by atoms with E-state index in [2.05, 4.69) is 20.9 Å². The highest BCUT2D eigenvalue weighted by Gasteiger charge is 2.24. The molecule has 1 aliphatic rings. The van der Waals surface area contributed by atoms with Crippen molar-refractivity contribution in [3.05, 3.63) is 80.5 Å². The van der Waals surface area contributed by atoms with E-state index in [0.717, 1.165) is 15.4 Å². The quantitative estimate of drug-likeness (QED) is 0.281. The predicted octanol–water partition coefficient (Wildman–Crippen LogP) is 6.13. The number of hydrogen-bond acceptors (Lipinski definition) is 6. The molecule has 0 bridgehead atoms. The summed E-state index contributed by atoms with van der Waals surface area (Å²) in [6.07, 6.45) is 7.96. The van der Waals surface area contributed by atoms with Crippen molar-refractivity contribution < 1.29 is 13.9 Å². The number of thioether (sulfide) groups is 1. The van der Waals surface area contributed by atoms with Gasteiger partial charge in [-0.3, -0.25) is 9.20 Å². The fourth-order valence-corrected chi connectivity index (χ4v) is 5.94. The van der Waals surface area contributed by atoms with Gasteiger partial charge in [-0.25, -0.2) is 9.78 Å². The van der Waals surface area contributed by atoms with Crippen LogP contribution in [0.2, 0.25) is 0 Å². The van der Waals surface area contributed by atoms with Crippen LogP contribution in [0.3, 0.4) is 0 Å². The van der Waals surface area contributed by atoms with Crippen molar-refractivity contribution in [2.75, 3.05) is 0 Å². The number of halogens is 1. The molecule has 1 aromatic carbocycles. The molecule has 33 heavy (non-hydrogen) atoms. The average Bonchev–Trinajstić information content (AvgIpc) is 3.21. The highest BCUT2D eigenvalue weighted by molar-refractivity contribution is 9.10. The van der Waals surface area contributed by atoms with E-state index in [4.69, 9.17) is 9.15 Å². The van der Waals surface area contributed by atoms with Gasteiger partial charge >= 0.3 is 5.97 Å². The van der Waals surface area contributed by atoms with E-state index in [1.54, 1.807) is 12.3 Å². The number of furan rings is 1. The van der Waals surface area contributed by atoms with Crippen molar-refractivity contribution >= 4 is 50.3 Å². The van der Waals surface area contributed by atoms with Gasteiger partial charge in [0.2, 0.25) is 5.76 Å². The molecule has 0 radical (unpaired) electrons. The molecule has 0 atom stereocenters. The van der Waals surface area contributed by atoms with E-state index >= 15 is 0 Å². The van der Waals surface area contributed by atoms with Crippen LogP contribution in [0.1, 0.15) is 53.9 Å². The molecule has 0 saturated heterocycles. The molecular formula is C25H23BrN2O4S. The fraction of sp³-hybridized carbons (Fsp3) is 0.320. The minimum absolute atomic E-state index is 0.104. The highest BCUT2D eigenvalue weighted by Crippen LogP contribution is 2.35. The first kappa shape index (κ1) is 22.2. The molecule has 5 rings (SSSR count). The monoisotopic (exact) mass is 526 g/mol. The van der Waals surface area contributed by atoms with Gasteiger partial charge in [0.15, 0.2) is 0 Å². The van der Waals surface area contributed by atoms with Gasteiger partial charge in [-0.15, -0.1) is 0 Å². The first-order valence-electron chi connectivity index (χ1n) is 11.1. The van der Waals surface area contributed by atoms with E-state index in [1.807, 2.05) is 42.1 Å². The molecule has 3 aromatic heterocycles. The lowest BCUT2D eigenvalue weighted by Crippen LogP contribution is -2.16. The molecule has 0 aliphatic heterocycles. The lowest BCUT2D eigenvalue weighted by atomic mass is 10.0. The number of pyridine rings is 1. The first-order chi connectivity index (χ1) is 16.1. The highest BCUT2D eigenvalue weighted by atomic mass is 79.9. The van der Waals surface area contributed by atoms with Crippen LogP contribution in [0.4, 0.5) is 0 Å². The predicted molar refractivity (Wildman–Crippen MR) is 133 cm³/mol. The maximum absolute atomic E-state index is 13.0. The molecule has 170 valence electrons. The van der Waals surface area contributed by atoms with Crippen molar-refractivity contribution in [3.63, 3.8) is 0 Å². The van der Waals surface area contributed by atoms with Crippen LogP contribution >= 0.6 is 27.7 Å². The molecule has 0 unspecified atom stereocenters. The summed E-state index contributed by atoms with van der Waals surface area (Å²) in [5.74, 6) is 0.403. The molecule has 0 spiro atoms. The molecule has 1 fully saturated rings. The van der Waals surface area contributed by atoms with Crippen LogP contribution in [-0.4, -0.2) is 20.6 Å². The topological polar surface area (TPSA) is 73.8 Å². The number of aromatic nitrogens is 2. The van der Waals surface area contributed by atoms with Crippen LogP contribution in [0.5, 0.6) is 0 Å². The number of hydrogen-bond donors (Lipinski definition) is 0. The third-order valence-corrected chi connectivity index (χ3v) is 7.79. The zero-order valence-corrected chi connectivity index (χ0v) is 20.4. The number of ether oxygens (including phenoxy) is 1. The largest absolute Gasteiger partial charge is 0.453 e. The number of benzene rings is 1. The summed E-state index contributed by atoms with van der Waals surface area (Å²) in [7, 11) is 0. The van der Waals surface area contributed by atoms with Gasteiger partial charge in [0, 0.05) is 38.7 Å². The molecule has 3 heterocycles. The van der Waals surface area contributed by atoms with E-state index in [1.165, 1.54) is 42.6 Å². The number of esters is 1. The Hall–Kier alpha value is -2.58. The summed E-state index contributed by atoms with van der Waals surface area (Å²) in [6, 6.07) is 12.6. The summed E-state index contributed by atoms with van der Waals surface area (Å²) in [6.45, 7) is -0.104. The zero-order chi connectivity index (χ0) is 22.8. The van der Waals surface area contributed by atoms with E-state index < -0.39 is 5.97 Å². The maximum Gasteiger partial charge on any atom is 0.374 e. The smallest absolute Gasteiger partial charge is 0.374 e. The molecular weight excluding hydrogens is 504 g/mol. The van der Waals surface area contributed by atoms with Crippen molar-refractivity contribution in [3.8, 4) is 0 Å². The van der Waals surface area contributed by atoms with Gasteiger partial charge in [0.05, 0.1) is 5.69 Å². The summed E-state index contributed by atoms with van der Waals surface area (Å²) >= 11 is 5.24. The normalized spacial score (nSPS) is 14.7. The van der Waals surface area contributed by atoms with Gasteiger partial charge in [-0.05, 0) is 47.0 Å². The summed E-state index contributed by atoms with van der Waals surface area (Å²) in [5, 5.41) is 1.56. The van der Waals surface area contributed by atoms with Gasteiger partial charge in [0.25, 0.3) is 5.56 Å². The second-order valence-electron chi connectivity index (χ2n) is 8.21. The lowest BCUT2D eigenvalue weighted by molar-refractivity contribution is 0.0432. The van der Waals surface area contributed by atoms with E-state index in [9.17, 15) is 9.59 Å². The van der Waals surface area contributed by atoms with Gasteiger partial charge in [-0.2, -0.15) is 11.8 Å². The van der Waals surface area contributed by atoms with Crippen LogP contribution in [0, 0.1) is 0 Å². The molecule has 0 amide bonds. The fourth-order valence-electron chi connectivity index (χ4n) is 4.25. The zero-order valence-electron chi connectivity index (χ0n) is 18.0. The Bertz CT molecular complexity index is 1370. The number of para-hydroxylation sites is 1. The minimum Gasteiger partial charge on any atom is -0.453 e. The number of fused-ring (bicyclic) bond motifs is 2. The average molecular weight is 527 g/mol. The summed E-state index contributed by atoms with van der Waals surface area (Å²) in [4.78, 5) is 29.9. The molecule has 0 N–H and O–H groups in total. The number of rotatable bonds is 6. The Labute approximate surface area is 203 Å². The Kier molecular flexibility index (Phi) is 6.55. The first-order valence-corrected chi connectivity index (χ1v) is 12.9. The summed E-state index contributed by atoms with van der Waals surface area (Å²) < 4.78 is 13.7. The third-order valence-electron chi connectivity index (χ3n) is 5.93. The van der Waals surface area contributed by atoms with Gasteiger partial charge in [-0.1, -0.05) is 37.5 Å². The van der Waals surface area contributed by atoms with Crippen molar-refractivity contribution in [1.82, 2.24) is 9.38 Å². The molecule has 8 heteroatoms. The van der Waals surface area contributed by atoms with E-state index in [-0.39, 0.29) is 17.9 Å². The van der Waals surface area contributed by atoms with Crippen LogP contribution < -0.4 is 5.56 Å². The van der Waals surface area contributed by atoms with Crippen LogP contribution in [0.15, 0.2) is 62.3 Å². The second kappa shape index (κ2) is 9.73. The Morgan fingerprint density at radius 3 is 2.85 bits per heavy atom. The second-order valence-corrected chi connectivity index (χ2v) is 10.4. The third kappa shape index (κ3) is 4.87. The lowest BCUT2D eigenvalue weighted by Gasteiger charge is -2.20. The molecule has 6 nitrogen and oxygen atoms in total. The Morgan fingerprint density at radius 2 is 2.00 bits per heavy atom. The molecule has 1 saturated carbocycles. The van der Waals surface area contributed by atoms with Gasteiger partial charge in [0.1, 0.15) is 17.8 Å². The molecule has 1 aliphatic carbocycles. The Balaban J connectivity index is 1.36. The van der Waals surface area contributed by atoms with Crippen LogP contribution in [0.25, 0.3) is 16.6 Å². The van der Waals surface area contributed by atoms with Crippen LogP contribution in [-0.2, 0) is 17.1 Å². The van der Waals surface area contributed by atoms with Crippen molar-refractivity contribution in [2.24, 2.45) is 0 Å². The summed E-state index contributed by atoms with van der Waals surface area (Å²) in [5.41, 5.74) is 2.20. The minimum atomic E-state index is -0.539. The standard InChI is InChI=1S/C25H23BrN2O4S/c26-16-10-11-22-27-17(12-23(29)28(22)13-16)14-31-25(30)24-20(15-33-18-6-2-1-3-7-18)19-8-4-5-9-21(19)32-24/h4-5,8-13,18H,1-3,6-7,14-15H2. The molecule has 4 aromatic rings. The van der Waals surface area contributed by atoms with E-state index in [0.29, 0.717) is 27.9 Å². The SMILES string of the molecule is O=C(OCc1cc(=O)n2cc(Br)ccc2n1)c1oc2ccccc2c1CSC1CCCCC1. The number of nitrogens with zero attached hydrogens (tertiary/aromatic N) is 2. The number of carbonyl (C=O) groups excluding carboxylic acids is 1. The van der Waals surface area contributed by atoms with Crippen molar-refractivity contribution in [2.45, 2.75) is 49.7 Å². The van der Waals surface area contributed by atoms with Crippen molar-refractivity contribution in [1.29, 1.82) is 0 Å². The number of carbonyl (C=O) groups is 1.